The average molecular weight is 264 g/mol. The Morgan fingerprint density at radius 3 is 3.00 bits per heavy atom. The number of nitrogens with one attached hydrogen (secondary N) is 1. The van der Waals surface area contributed by atoms with Crippen LogP contribution in [0, 0.1) is 13.8 Å². The number of nitrogens with zero attached hydrogens (tertiary/aromatic N) is 2. The zero-order valence-corrected chi connectivity index (χ0v) is 12.1. The van der Waals surface area contributed by atoms with Crippen LogP contribution >= 0.6 is 0 Å². The van der Waals surface area contributed by atoms with E-state index in [9.17, 15) is 0 Å². The molecule has 1 saturated heterocycles. The Balaban J connectivity index is 2.18. The van der Waals surface area contributed by atoms with Crippen molar-refractivity contribution in [2.24, 2.45) is 5.73 Å². The second kappa shape index (κ2) is 6.32. The van der Waals surface area contributed by atoms with Crippen LogP contribution in [0.25, 0.3) is 0 Å². The lowest BCUT2D eigenvalue weighted by molar-refractivity contribution is 0.155. The van der Waals surface area contributed by atoms with Gasteiger partial charge in [-0.15, -0.1) is 0 Å². The number of nitrogens with two attached hydrogens (primary N) is 1. The SMILES string of the molecule is COc1c(C)cnc(CN2CCNCC2CN)c1C. The molecule has 19 heavy (non-hydrogen) atoms. The van der Waals surface area contributed by atoms with Crippen molar-refractivity contribution in [1.82, 2.24) is 15.2 Å². The van der Waals surface area contributed by atoms with Gasteiger partial charge in [0.15, 0.2) is 0 Å². The van der Waals surface area contributed by atoms with Crippen LogP contribution in [0.5, 0.6) is 5.75 Å². The topological polar surface area (TPSA) is 63.4 Å². The molecule has 1 aromatic rings. The van der Waals surface area contributed by atoms with Crippen molar-refractivity contribution in [3.63, 3.8) is 0 Å². The van der Waals surface area contributed by atoms with Gasteiger partial charge in [-0.1, -0.05) is 0 Å². The number of aromatic nitrogens is 1. The van der Waals surface area contributed by atoms with Gasteiger partial charge in [-0.25, -0.2) is 0 Å². The maximum atomic E-state index is 5.84. The zero-order valence-electron chi connectivity index (χ0n) is 12.1. The van der Waals surface area contributed by atoms with Crippen LogP contribution in [0.1, 0.15) is 16.8 Å². The molecule has 0 aromatic carbocycles. The Morgan fingerprint density at radius 1 is 1.53 bits per heavy atom. The highest BCUT2D eigenvalue weighted by atomic mass is 16.5. The first-order valence-electron chi connectivity index (χ1n) is 6.81. The second-order valence-electron chi connectivity index (χ2n) is 5.11. The van der Waals surface area contributed by atoms with Gasteiger partial charge in [-0.05, 0) is 13.8 Å². The Bertz CT molecular complexity index is 436. The van der Waals surface area contributed by atoms with Gasteiger partial charge in [0.25, 0.3) is 0 Å². The van der Waals surface area contributed by atoms with Crippen LogP contribution in [0.15, 0.2) is 6.20 Å². The summed E-state index contributed by atoms with van der Waals surface area (Å²) in [6.45, 7) is 8.60. The molecule has 1 fully saturated rings. The van der Waals surface area contributed by atoms with Crippen LogP contribution in [0.4, 0.5) is 0 Å². The number of ether oxygens (including phenoxy) is 1. The van der Waals surface area contributed by atoms with Crippen molar-refractivity contribution in [3.8, 4) is 5.75 Å². The van der Waals surface area contributed by atoms with Crippen LogP contribution < -0.4 is 15.8 Å². The Labute approximate surface area is 115 Å². The van der Waals surface area contributed by atoms with E-state index in [0.717, 1.165) is 48.7 Å². The molecule has 1 atom stereocenters. The summed E-state index contributed by atoms with van der Waals surface area (Å²) in [4.78, 5) is 6.97. The number of aryl methyl sites for hydroxylation is 1. The van der Waals surface area contributed by atoms with Gasteiger partial charge >= 0.3 is 0 Å². The summed E-state index contributed by atoms with van der Waals surface area (Å²) in [6.07, 6.45) is 1.89. The van der Waals surface area contributed by atoms with Crippen molar-refractivity contribution in [1.29, 1.82) is 0 Å². The number of piperazine rings is 1. The van der Waals surface area contributed by atoms with E-state index in [1.165, 1.54) is 0 Å². The van der Waals surface area contributed by atoms with E-state index in [2.05, 4.69) is 22.1 Å². The molecule has 5 nitrogen and oxygen atoms in total. The molecule has 5 heteroatoms. The second-order valence-corrected chi connectivity index (χ2v) is 5.11. The van der Waals surface area contributed by atoms with Gasteiger partial charge in [-0.2, -0.15) is 0 Å². The Hall–Kier alpha value is -1.17. The van der Waals surface area contributed by atoms with E-state index in [1.807, 2.05) is 13.1 Å². The van der Waals surface area contributed by atoms with Crippen LogP contribution in [0.2, 0.25) is 0 Å². The van der Waals surface area contributed by atoms with Gasteiger partial charge < -0.3 is 15.8 Å². The molecule has 1 aliphatic rings. The molecular formula is C14H24N4O. The van der Waals surface area contributed by atoms with E-state index >= 15 is 0 Å². The highest BCUT2D eigenvalue weighted by Gasteiger charge is 2.22. The van der Waals surface area contributed by atoms with Gasteiger partial charge in [0.2, 0.25) is 0 Å². The minimum Gasteiger partial charge on any atom is -0.496 e. The van der Waals surface area contributed by atoms with Crippen LogP contribution in [0.3, 0.4) is 0 Å². The third-order valence-electron chi connectivity index (χ3n) is 3.85. The molecule has 1 unspecified atom stereocenters. The Morgan fingerprint density at radius 2 is 2.32 bits per heavy atom. The summed E-state index contributed by atoms with van der Waals surface area (Å²) in [5.74, 6) is 0.949. The molecular weight excluding hydrogens is 240 g/mol. The molecule has 0 aliphatic carbocycles. The summed E-state index contributed by atoms with van der Waals surface area (Å²) < 4.78 is 5.46. The summed E-state index contributed by atoms with van der Waals surface area (Å²) >= 11 is 0. The highest BCUT2D eigenvalue weighted by Crippen LogP contribution is 2.25. The van der Waals surface area contributed by atoms with E-state index in [0.29, 0.717) is 12.6 Å². The fraction of sp³-hybridized carbons (Fsp3) is 0.643. The third kappa shape index (κ3) is 3.05. The summed E-state index contributed by atoms with van der Waals surface area (Å²) in [5, 5.41) is 3.38. The fourth-order valence-electron chi connectivity index (χ4n) is 2.67. The minimum atomic E-state index is 0.391. The zero-order chi connectivity index (χ0) is 13.8. The third-order valence-corrected chi connectivity index (χ3v) is 3.85. The molecule has 1 aromatic heterocycles. The quantitative estimate of drug-likeness (QED) is 0.826. The fourth-order valence-corrected chi connectivity index (χ4v) is 2.67. The smallest absolute Gasteiger partial charge is 0.128 e. The number of hydrogen-bond acceptors (Lipinski definition) is 5. The number of pyridine rings is 1. The van der Waals surface area contributed by atoms with Crippen molar-refractivity contribution >= 4 is 0 Å². The van der Waals surface area contributed by atoms with E-state index < -0.39 is 0 Å². The van der Waals surface area contributed by atoms with Gasteiger partial charge in [-0.3, -0.25) is 9.88 Å². The highest BCUT2D eigenvalue weighted by molar-refractivity contribution is 5.41. The van der Waals surface area contributed by atoms with Crippen molar-refractivity contribution in [2.45, 2.75) is 26.4 Å². The predicted octanol–water partition coefficient (Wildman–Crippen LogP) is 0.440. The van der Waals surface area contributed by atoms with Crippen LogP contribution in [-0.2, 0) is 6.54 Å². The monoisotopic (exact) mass is 264 g/mol. The molecule has 3 N–H and O–H groups in total. The molecule has 2 heterocycles. The largest absolute Gasteiger partial charge is 0.496 e. The van der Waals surface area contributed by atoms with Gasteiger partial charge in [0.05, 0.1) is 12.8 Å². The molecule has 0 bridgehead atoms. The lowest BCUT2D eigenvalue weighted by Crippen LogP contribution is -2.53. The first-order valence-corrected chi connectivity index (χ1v) is 6.81. The van der Waals surface area contributed by atoms with E-state index in [1.54, 1.807) is 7.11 Å². The van der Waals surface area contributed by atoms with E-state index in [-0.39, 0.29) is 0 Å². The predicted molar refractivity (Wildman–Crippen MR) is 76.4 cm³/mol. The average Bonchev–Trinajstić information content (AvgIpc) is 2.43. The van der Waals surface area contributed by atoms with Crippen molar-refractivity contribution < 1.29 is 4.74 Å². The maximum absolute atomic E-state index is 5.84. The molecule has 0 spiro atoms. The van der Waals surface area contributed by atoms with Crippen molar-refractivity contribution in [2.75, 3.05) is 33.3 Å². The minimum absolute atomic E-state index is 0.391. The summed E-state index contributed by atoms with van der Waals surface area (Å²) in [7, 11) is 1.71. The lowest BCUT2D eigenvalue weighted by atomic mass is 10.1. The Kier molecular flexibility index (Phi) is 4.74. The van der Waals surface area contributed by atoms with E-state index in [4.69, 9.17) is 10.5 Å². The molecule has 0 saturated carbocycles. The van der Waals surface area contributed by atoms with Gasteiger partial charge in [0.1, 0.15) is 5.75 Å². The van der Waals surface area contributed by atoms with Crippen LogP contribution in [-0.4, -0.2) is 49.2 Å². The first-order chi connectivity index (χ1) is 9.17. The molecule has 0 amide bonds. The molecule has 106 valence electrons. The number of methoxy groups -OCH3 is 1. The number of rotatable bonds is 4. The lowest BCUT2D eigenvalue weighted by Gasteiger charge is -2.35. The number of hydrogen-bond donors (Lipinski definition) is 2. The normalized spacial score (nSPS) is 20.5. The van der Waals surface area contributed by atoms with Gasteiger partial charge in [0, 0.05) is 56.1 Å². The van der Waals surface area contributed by atoms with Crippen molar-refractivity contribution in [3.05, 3.63) is 23.0 Å². The summed E-state index contributed by atoms with van der Waals surface area (Å²) in [5.41, 5.74) is 9.14. The first kappa shape index (κ1) is 14.2. The summed E-state index contributed by atoms with van der Waals surface area (Å²) in [6, 6.07) is 0.391. The molecule has 0 radical (unpaired) electrons. The molecule has 1 aliphatic heterocycles. The maximum Gasteiger partial charge on any atom is 0.128 e. The molecule has 2 rings (SSSR count). The standard InChI is InChI=1S/C14H24N4O/c1-10-7-17-13(11(2)14(10)19-3)9-18-5-4-16-8-12(18)6-15/h7,12,16H,4-6,8-9,15H2,1-3H3.